The fourth-order valence-corrected chi connectivity index (χ4v) is 2.61. The second kappa shape index (κ2) is 4.17. The van der Waals surface area contributed by atoms with Crippen molar-refractivity contribution in [3.05, 3.63) is 23.8 Å². The number of nitriles is 1. The Morgan fingerprint density at radius 3 is 2.94 bits per heavy atom. The van der Waals surface area contributed by atoms with Gasteiger partial charge in [0.15, 0.2) is 0 Å². The van der Waals surface area contributed by atoms with E-state index in [4.69, 9.17) is 5.26 Å². The van der Waals surface area contributed by atoms with Gasteiger partial charge < -0.3 is 0 Å². The van der Waals surface area contributed by atoms with Crippen LogP contribution in [0.15, 0.2) is 18.2 Å². The van der Waals surface area contributed by atoms with Gasteiger partial charge in [-0.2, -0.15) is 5.26 Å². The highest BCUT2D eigenvalue weighted by Gasteiger charge is 2.17. The highest BCUT2D eigenvalue weighted by atomic mass is 15.4. The normalized spacial score (nSPS) is 16.4. The minimum atomic E-state index is 0.674. The van der Waals surface area contributed by atoms with E-state index in [9.17, 15) is 0 Å². The lowest BCUT2D eigenvalue weighted by atomic mass is 10.1. The summed E-state index contributed by atoms with van der Waals surface area (Å²) in [4.78, 5) is 0. The Labute approximate surface area is 99.8 Å². The van der Waals surface area contributed by atoms with Crippen LogP contribution >= 0.6 is 0 Å². The molecule has 0 atom stereocenters. The van der Waals surface area contributed by atoms with Crippen molar-refractivity contribution in [3.63, 3.8) is 0 Å². The van der Waals surface area contributed by atoms with Crippen LogP contribution in [0.4, 0.5) is 0 Å². The van der Waals surface area contributed by atoms with Crippen LogP contribution in [0.25, 0.3) is 11.0 Å². The minimum Gasteiger partial charge on any atom is -0.244 e. The van der Waals surface area contributed by atoms with Gasteiger partial charge >= 0.3 is 0 Å². The zero-order valence-electron chi connectivity index (χ0n) is 9.63. The van der Waals surface area contributed by atoms with E-state index in [-0.39, 0.29) is 0 Å². The number of benzene rings is 1. The van der Waals surface area contributed by atoms with Crippen molar-refractivity contribution >= 4 is 11.0 Å². The van der Waals surface area contributed by atoms with Gasteiger partial charge in [-0.3, -0.25) is 0 Å². The summed E-state index contributed by atoms with van der Waals surface area (Å²) in [5, 5.41) is 17.2. The molecule has 0 unspecified atom stereocenters. The molecule has 1 saturated carbocycles. The van der Waals surface area contributed by atoms with Gasteiger partial charge in [0.05, 0.1) is 17.1 Å². The predicted octanol–water partition coefficient (Wildman–Crippen LogP) is 2.49. The van der Waals surface area contributed by atoms with Crippen LogP contribution in [0.5, 0.6) is 0 Å². The maximum absolute atomic E-state index is 8.91. The van der Waals surface area contributed by atoms with Gasteiger partial charge in [0, 0.05) is 6.54 Å². The number of hydrogen-bond donors (Lipinski definition) is 0. The van der Waals surface area contributed by atoms with Crippen LogP contribution in [-0.4, -0.2) is 15.0 Å². The first-order valence-corrected chi connectivity index (χ1v) is 6.10. The third-order valence-corrected chi connectivity index (χ3v) is 3.55. The molecule has 0 amide bonds. The van der Waals surface area contributed by atoms with Crippen molar-refractivity contribution < 1.29 is 0 Å². The molecule has 0 aliphatic heterocycles. The van der Waals surface area contributed by atoms with E-state index in [0.717, 1.165) is 23.5 Å². The quantitative estimate of drug-likeness (QED) is 0.790. The largest absolute Gasteiger partial charge is 0.244 e. The monoisotopic (exact) mass is 226 g/mol. The Bertz CT molecular complexity index is 573. The number of hydrogen-bond acceptors (Lipinski definition) is 3. The number of aromatic nitrogens is 3. The molecule has 17 heavy (non-hydrogen) atoms. The molecule has 1 aromatic carbocycles. The Balaban J connectivity index is 1.95. The zero-order valence-corrected chi connectivity index (χ0v) is 9.63. The molecular formula is C13H14N4. The number of fused-ring (bicyclic) bond motifs is 1. The van der Waals surface area contributed by atoms with Gasteiger partial charge in [0.1, 0.15) is 5.52 Å². The van der Waals surface area contributed by atoms with Crippen molar-refractivity contribution in [3.8, 4) is 6.07 Å². The molecule has 2 aromatic rings. The average Bonchev–Trinajstić information content (AvgIpc) is 2.99. The molecule has 1 aliphatic carbocycles. The lowest BCUT2D eigenvalue weighted by Gasteiger charge is -2.08. The molecule has 0 spiro atoms. The van der Waals surface area contributed by atoms with Crippen molar-refractivity contribution in [2.75, 3.05) is 0 Å². The number of rotatable bonds is 2. The fraction of sp³-hybridized carbons (Fsp3) is 0.462. The SMILES string of the molecule is N#Cc1ccc2nnn(CC3CCCC3)c2c1. The lowest BCUT2D eigenvalue weighted by molar-refractivity contribution is 0.430. The van der Waals surface area contributed by atoms with Crippen LogP contribution in [0.3, 0.4) is 0 Å². The topological polar surface area (TPSA) is 54.5 Å². The molecular weight excluding hydrogens is 212 g/mol. The van der Waals surface area contributed by atoms with Crippen molar-refractivity contribution in [1.29, 1.82) is 5.26 Å². The molecule has 4 heteroatoms. The average molecular weight is 226 g/mol. The second-order valence-corrected chi connectivity index (χ2v) is 4.74. The van der Waals surface area contributed by atoms with Gasteiger partial charge in [-0.15, -0.1) is 5.10 Å². The van der Waals surface area contributed by atoms with Gasteiger partial charge in [-0.1, -0.05) is 18.1 Å². The zero-order chi connectivity index (χ0) is 11.7. The molecule has 1 fully saturated rings. The third-order valence-electron chi connectivity index (χ3n) is 3.55. The van der Waals surface area contributed by atoms with Crippen LogP contribution in [0.1, 0.15) is 31.2 Å². The summed E-state index contributed by atoms with van der Waals surface area (Å²) in [5.74, 6) is 0.727. The van der Waals surface area contributed by atoms with Crippen molar-refractivity contribution in [2.45, 2.75) is 32.2 Å². The lowest BCUT2D eigenvalue weighted by Crippen LogP contribution is -2.08. The maximum Gasteiger partial charge on any atom is 0.113 e. The van der Waals surface area contributed by atoms with Crippen LogP contribution in [0.2, 0.25) is 0 Å². The van der Waals surface area contributed by atoms with E-state index in [2.05, 4.69) is 16.4 Å². The summed E-state index contributed by atoms with van der Waals surface area (Å²) in [6.45, 7) is 0.936. The van der Waals surface area contributed by atoms with E-state index < -0.39 is 0 Å². The third kappa shape index (κ3) is 1.89. The van der Waals surface area contributed by atoms with Crippen LogP contribution in [-0.2, 0) is 6.54 Å². The summed E-state index contributed by atoms with van der Waals surface area (Å²) >= 11 is 0. The summed E-state index contributed by atoms with van der Waals surface area (Å²) in [6.07, 6.45) is 5.25. The van der Waals surface area contributed by atoms with Crippen molar-refractivity contribution in [2.24, 2.45) is 5.92 Å². The van der Waals surface area contributed by atoms with E-state index in [1.807, 2.05) is 16.8 Å². The molecule has 1 aromatic heterocycles. The highest BCUT2D eigenvalue weighted by Crippen LogP contribution is 2.27. The van der Waals surface area contributed by atoms with Crippen LogP contribution in [0, 0.1) is 17.2 Å². The summed E-state index contributed by atoms with van der Waals surface area (Å²) in [7, 11) is 0. The molecule has 3 rings (SSSR count). The first-order valence-electron chi connectivity index (χ1n) is 6.10. The molecule has 0 N–H and O–H groups in total. The highest BCUT2D eigenvalue weighted by molar-refractivity contribution is 5.75. The second-order valence-electron chi connectivity index (χ2n) is 4.74. The van der Waals surface area contributed by atoms with E-state index in [1.165, 1.54) is 25.7 Å². The van der Waals surface area contributed by atoms with Gasteiger partial charge in [0.2, 0.25) is 0 Å². The van der Waals surface area contributed by atoms with Gasteiger partial charge in [0.25, 0.3) is 0 Å². The molecule has 0 radical (unpaired) electrons. The first-order chi connectivity index (χ1) is 8.36. The molecule has 0 bridgehead atoms. The molecule has 0 saturated heterocycles. The van der Waals surface area contributed by atoms with E-state index >= 15 is 0 Å². The molecule has 1 aliphatic rings. The van der Waals surface area contributed by atoms with Crippen molar-refractivity contribution in [1.82, 2.24) is 15.0 Å². The first kappa shape index (κ1) is 10.3. The summed E-state index contributed by atoms with van der Waals surface area (Å²) in [6, 6.07) is 7.70. The predicted molar refractivity (Wildman–Crippen MR) is 64.2 cm³/mol. The Kier molecular flexibility index (Phi) is 2.52. The fourth-order valence-electron chi connectivity index (χ4n) is 2.61. The van der Waals surface area contributed by atoms with Crippen LogP contribution < -0.4 is 0 Å². The Morgan fingerprint density at radius 1 is 1.35 bits per heavy atom. The van der Waals surface area contributed by atoms with E-state index in [1.54, 1.807) is 6.07 Å². The summed E-state index contributed by atoms with van der Waals surface area (Å²) < 4.78 is 1.95. The number of nitrogens with zero attached hydrogens (tertiary/aromatic N) is 4. The van der Waals surface area contributed by atoms with Gasteiger partial charge in [-0.05, 0) is 37.0 Å². The van der Waals surface area contributed by atoms with Gasteiger partial charge in [-0.25, -0.2) is 4.68 Å². The molecule has 86 valence electrons. The molecule has 4 nitrogen and oxygen atoms in total. The smallest absolute Gasteiger partial charge is 0.113 e. The standard InChI is InChI=1S/C13H14N4/c14-8-11-5-6-12-13(7-11)17(16-15-12)9-10-3-1-2-4-10/h5-7,10H,1-4,9H2. The Hall–Kier alpha value is -1.89. The Morgan fingerprint density at radius 2 is 2.18 bits per heavy atom. The minimum absolute atomic E-state index is 0.674. The van der Waals surface area contributed by atoms with E-state index in [0.29, 0.717) is 5.56 Å². The summed E-state index contributed by atoms with van der Waals surface area (Å²) in [5.41, 5.74) is 2.53. The molecule has 1 heterocycles. The maximum atomic E-state index is 8.91.